The topological polar surface area (TPSA) is 38.3 Å². The predicted octanol–water partition coefficient (Wildman–Crippen LogP) is 3.45. The number of carbonyl (C=O) groups excluding carboxylic acids is 1. The quantitative estimate of drug-likeness (QED) is 0.778. The van der Waals surface area contributed by atoms with Crippen LogP contribution in [0, 0.1) is 11.7 Å². The van der Waals surface area contributed by atoms with E-state index in [2.05, 4.69) is 5.32 Å². The Morgan fingerprint density at radius 3 is 2.55 bits per heavy atom. The minimum absolute atomic E-state index is 0.0659. The number of hydrogen-bond donors (Lipinski definition) is 1. The third-order valence-electron chi connectivity index (χ3n) is 3.71. The van der Waals surface area contributed by atoms with Crippen LogP contribution in [0.25, 0.3) is 0 Å². The fourth-order valence-electron chi connectivity index (χ4n) is 2.22. The molecule has 0 spiro atoms. The average molecular weight is 281 g/mol. The van der Waals surface area contributed by atoms with Crippen LogP contribution in [-0.4, -0.2) is 19.1 Å². The van der Waals surface area contributed by atoms with Crippen LogP contribution < -0.4 is 5.32 Å². The van der Waals surface area contributed by atoms with Crippen molar-refractivity contribution in [3.63, 3.8) is 0 Å². The highest BCUT2D eigenvalue weighted by molar-refractivity contribution is 5.76. The normalized spacial score (nSPS) is 15.4. The number of methoxy groups -OCH3 is 1. The standard InChI is InChI=1S/C16H24FNO2/c1-5-11(3)15(16(19)20-4)18-14(6-2)12-8-7-9-13(17)10-12/h7-11,14-15,18H,5-6H2,1-4H3. The van der Waals surface area contributed by atoms with Crippen molar-refractivity contribution in [2.75, 3.05) is 7.11 Å². The maximum Gasteiger partial charge on any atom is 0.323 e. The van der Waals surface area contributed by atoms with Crippen LogP contribution in [0.1, 0.15) is 45.2 Å². The number of hydrogen-bond acceptors (Lipinski definition) is 3. The Morgan fingerprint density at radius 2 is 2.05 bits per heavy atom. The molecule has 0 heterocycles. The lowest BCUT2D eigenvalue weighted by Crippen LogP contribution is -2.44. The van der Waals surface area contributed by atoms with Crippen LogP contribution in [-0.2, 0) is 9.53 Å². The fourth-order valence-corrected chi connectivity index (χ4v) is 2.22. The summed E-state index contributed by atoms with van der Waals surface area (Å²) >= 11 is 0. The van der Waals surface area contributed by atoms with Crippen molar-refractivity contribution in [3.8, 4) is 0 Å². The molecule has 1 aromatic carbocycles. The third kappa shape index (κ3) is 4.30. The number of carbonyl (C=O) groups is 1. The molecule has 0 bridgehead atoms. The minimum Gasteiger partial charge on any atom is -0.468 e. The Hall–Kier alpha value is -1.42. The van der Waals surface area contributed by atoms with Crippen molar-refractivity contribution in [2.45, 2.75) is 45.7 Å². The minimum atomic E-state index is -0.377. The van der Waals surface area contributed by atoms with Gasteiger partial charge in [-0.25, -0.2) is 4.39 Å². The van der Waals surface area contributed by atoms with Crippen molar-refractivity contribution in [2.24, 2.45) is 5.92 Å². The van der Waals surface area contributed by atoms with Gasteiger partial charge in [-0.05, 0) is 30.0 Å². The molecule has 3 atom stereocenters. The highest BCUT2D eigenvalue weighted by atomic mass is 19.1. The average Bonchev–Trinajstić information content (AvgIpc) is 2.47. The van der Waals surface area contributed by atoms with Crippen molar-refractivity contribution < 1.29 is 13.9 Å². The number of benzene rings is 1. The van der Waals surface area contributed by atoms with E-state index < -0.39 is 0 Å². The van der Waals surface area contributed by atoms with Gasteiger partial charge in [-0.2, -0.15) is 0 Å². The zero-order valence-corrected chi connectivity index (χ0v) is 12.7. The molecule has 20 heavy (non-hydrogen) atoms. The first-order chi connectivity index (χ1) is 9.53. The first kappa shape index (κ1) is 16.6. The van der Waals surface area contributed by atoms with Gasteiger partial charge in [-0.1, -0.05) is 39.3 Å². The van der Waals surface area contributed by atoms with Gasteiger partial charge < -0.3 is 4.74 Å². The van der Waals surface area contributed by atoms with Crippen molar-refractivity contribution >= 4 is 5.97 Å². The highest BCUT2D eigenvalue weighted by Gasteiger charge is 2.27. The van der Waals surface area contributed by atoms with Crippen molar-refractivity contribution in [1.29, 1.82) is 0 Å². The number of ether oxygens (including phenoxy) is 1. The molecule has 3 unspecified atom stereocenters. The van der Waals surface area contributed by atoms with E-state index in [0.717, 1.165) is 18.4 Å². The molecule has 0 saturated carbocycles. The summed E-state index contributed by atoms with van der Waals surface area (Å²) in [6.07, 6.45) is 1.64. The number of halogens is 1. The second kappa shape index (κ2) is 8.00. The molecule has 0 radical (unpaired) electrons. The monoisotopic (exact) mass is 281 g/mol. The smallest absolute Gasteiger partial charge is 0.323 e. The summed E-state index contributed by atoms with van der Waals surface area (Å²) in [5.41, 5.74) is 0.852. The molecule has 0 saturated heterocycles. The van der Waals surface area contributed by atoms with E-state index in [9.17, 15) is 9.18 Å². The summed E-state index contributed by atoms with van der Waals surface area (Å²) in [5.74, 6) is -0.375. The molecule has 0 amide bonds. The van der Waals surface area contributed by atoms with Gasteiger partial charge >= 0.3 is 5.97 Å². The van der Waals surface area contributed by atoms with E-state index in [4.69, 9.17) is 4.74 Å². The predicted molar refractivity (Wildman–Crippen MR) is 77.8 cm³/mol. The lowest BCUT2D eigenvalue weighted by atomic mass is 9.96. The van der Waals surface area contributed by atoms with Gasteiger partial charge in [0, 0.05) is 6.04 Å². The molecule has 0 aliphatic rings. The molecule has 1 aromatic rings. The maximum absolute atomic E-state index is 13.3. The molecular weight excluding hydrogens is 257 g/mol. The van der Waals surface area contributed by atoms with Crippen LogP contribution >= 0.6 is 0 Å². The fraction of sp³-hybridized carbons (Fsp3) is 0.562. The molecule has 4 heteroatoms. The van der Waals surface area contributed by atoms with Gasteiger partial charge in [-0.3, -0.25) is 10.1 Å². The SMILES string of the molecule is CCC(NC(C(=O)OC)C(C)CC)c1cccc(F)c1. The number of esters is 1. The van der Waals surface area contributed by atoms with Gasteiger partial charge in [0.2, 0.25) is 0 Å². The van der Waals surface area contributed by atoms with E-state index in [1.807, 2.05) is 26.8 Å². The number of nitrogens with one attached hydrogen (secondary N) is 1. The summed E-state index contributed by atoms with van der Waals surface area (Å²) in [5, 5.41) is 3.31. The molecule has 112 valence electrons. The molecule has 3 nitrogen and oxygen atoms in total. The second-order valence-corrected chi connectivity index (χ2v) is 5.07. The van der Waals surface area contributed by atoms with E-state index in [1.165, 1.54) is 19.2 Å². The largest absolute Gasteiger partial charge is 0.468 e. The Bertz CT molecular complexity index is 436. The summed E-state index contributed by atoms with van der Waals surface area (Å²) in [7, 11) is 1.39. The Morgan fingerprint density at radius 1 is 1.35 bits per heavy atom. The first-order valence-electron chi connectivity index (χ1n) is 7.12. The second-order valence-electron chi connectivity index (χ2n) is 5.07. The van der Waals surface area contributed by atoms with Gasteiger partial charge in [0.1, 0.15) is 11.9 Å². The van der Waals surface area contributed by atoms with Crippen molar-refractivity contribution in [1.82, 2.24) is 5.32 Å². The lowest BCUT2D eigenvalue weighted by Gasteiger charge is -2.27. The molecule has 0 aliphatic carbocycles. The molecular formula is C16H24FNO2. The van der Waals surface area contributed by atoms with E-state index in [1.54, 1.807) is 6.07 Å². The van der Waals surface area contributed by atoms with E-state index in [0.29, 0.717) is 0 Å². The lowest BCUT2D eigenvalue weighted by molar-refractivity contribution is -0.144. The summed E-state index contributed by atoms with van der Waals surface area (Å²) in [6.45, 7) is 6.05. The van der Waals surface area contributed by atoms with Crippen LogP contribution in [0.2, 0.25) is 0 Å². The molecule has 0 fully saturated rings. The molecule has 0 aromatic heterocycles. The molecule has 1 N–H and O–H groups in total. The first-order valence-corrected chi connectivity index (χ1v) is 7.12. The third-order valence-corrected chi connectivity index (χ3v) is 3.71. The highest BCUT2D eigenvalue weighted by Crippen LogP contribution is 2.21. The van der Waals surface area contributed by atoms with Crippen LogP contribution in [0.3, 0.4) is 0 Å². The Kier molecular flexibility index (Phi) is 6.65. The maximum atomic E-state index is 13.3. The van der Waals surface area contributed by atoms with Gasteiger partial charge in [-0.15, -0.1) is 0 Å². The van der Waals surface area contributed by atoms with Crippen LogP contribution in [0.15, 0.2) is 24.3 Å². The van der Waals surface area contributed by atoms with Gasteiger partial charge in [0.05, 0.1) is 7.11 Å². The summed E-state index contributed by atoms with van der Waals surface area (Å²) < 4.78 is 18.2. The molecule has 1 rings (SSSR count). The van der Waals surface area contributed by atoms with Crippen molar-refractivity contribution in [3.05, 3.63) is 35.6 Å². The van der Waals surface area contributed by atoms with Crippen LogP contribution in [0.4, 0.5) is 4.39 Å². The Balaban J connectivity index is 2.91. The summed E-state index contributed by atoms with van der Waals surface area (Å²) in [4.78, 5) is 11.9. The van der Waals surface area contributed by atoms with Gasteiger partial charge in [0.25, 0.3) is 0 Å². The van der Waals surface area contributed by atoms with Gasteiger partial charge in [0.15, 0.2) is 0 Å². The zero-order valence-electron chi connectivity index (χ0n) is 12.7. The number of rotatable bonds is 7. The van der Waals surface area contributed by atoms with E-state index >= 15 is 0 Å². The van der Waals surface area contributed by atoms with Crippen LogP contribution in [0.5, 0.6) is 0 Å². The summed E-state index contributed by atoms with van der Waals surface area (Å²) in [6, 6.07) is 6.04. The van der Waals surface area contributed by atoms with E-state index in [-0.39, 0.29) is 29.8 Å². The Labute approximate surface area is 120 Å². The zero-order chi connectivity index (χ0) is 15.1. The molecule has 0 aliphatic heterocycles.